The minimum atomic E-state index is -0.713. The lowest BCUT2D eigenvalue weighted by Crippen LogP contribution is -2.42. The van der Waals surface area contributed by atoms with Crippen molar-refractivity contribution in [3.8, 4) is 23.0 Å². The molecule has 2 amide bonds. The van der Waals surface area contributed by atoms with Gasteiger partial charge in [-0.1, -0.05) is 30.3 Å². The number of benzene rings is 3. The predicted octanol–water partition coefficient (Wildman–Crippen LogP) is 5.61. The van der Waals surface area contributed by atoms with Crippen molar-refractivity contribution < 1.29 is 18.4 Å². The Hall–Kier alpha value is -5.16. The lowest BCUT2D eigenvalue weighted by molar-refractivity contribution is -0.141. The molecule has 0 saturated carbocycles. The van der Waals surface area contributed by atoms with Crippen LogP contribution in [0, 0.1) is 23.0 Å². The van der Waals surface area contributed by atoms with E-state index in [1.54, 1.807) is 36.0 Å². The number of carbonyl (C=O) groups excluding carboxylic acids is 2. The first-order valence-corrected chi connectivity index (χ1v) is 11.7. The van der Waals surface area contributed by atoms with Crippen molar-refractivity contribution in [3.63, 3.8) is 0 Å². The van der Waals surface area contributed by atoms with Crippen LogP contribution in [0.2, 0.25) is 0 Å². The Balaban J connectivity index is 1.64. The number of rotatable bonds is 5. The quantitative estimate of drug-likeness (QED) is 0.260. The van der Waals surface area contributed by atoms with Crippen LogP contribution < -0.4 is 0 Å². The van der Waals surface area contributed by atoms with Gasteiger partial charge < -0.3 is 0 Å². The minimum absolute atomic E-state index is 0.123. The Labute approximate surface area is 217 Å². The topological polar surface area (TPSA) is 79.0 Å². The van der Waals surface area contributed by atoms with Gasteiger partial charge in [-0.2, -0.15) is 10.4 Å². The van der Waals surface area contributed by atoms with Gasteiger partial charge in [0.25, 0.3) is 11.8 Å². The molecule has 0 N–H and O–H groups in total. The van der Waals surface area contributed by atoms with E-state index in [1.165, 1.54) is 36.4 Å². The van der Waals surface area contributed by atoms with Gasteiger partial charge in [0.1, 0.15) is 23.3 Å². The zero-order valence-electron chi connectivity index (χ0n) is 20.2. The van der Waals surface area contributed by atoms with Crippen molar-refractivity contribution >= 4 is 17.9 Å². The molecular formula is C30H20F2N4O2. The van der Waals surface area contributed by atoms with Crippen LogP contribution in [0.25, 0.3) is 23.0 Å². The van der Waals surface area contributed by atoms with Gasteiger partial charge in [0, 0.05) is 22.9 Å². The highest BCUT2D eigenvalue weighted by Gasteiger charge is 2.35. The maximum absolute atomic E-state index is 13.6. The zero-order valence-corrected chi connectivity index (χ0v) is 20.2. The van der Waals surface area contributed by atoms with Crippen LogP contribution in [0.4, 0.5) is 8.78 Å². The summed E-state index contributed by atoms with van der Waals surface area (Å²) >= 11 is 0. The Morgan fingerprint density at radius 2 is 1.53 bits per heavy atom. The molecule has 4 aromatic rings. The van der Waals surface area contributed by atoms with Crippen LogP contribution in [0.3, 0.4) is 0 Å². The first-order chi connectivity index (χ1) is 18.4. The second kappa shape index (κ2) is 10.1. The lowest BCUT2D eigenvalue weighted by Gasteiger charge is -2.27. The summed E-state index contributed by atoms with van der Waals surface area (Å²) in [5.74, 6) is -2.14. The number of amides is 2. The molecule has 2 heterocycles. The maximum Gasteiger partial charge on any atom is 0.271 e. The number of carbonyl (C=O) groups is 2. The highest BCUT2D eigenvalue weighted by atomic mass is 19.1. The Kier molecular flexibility index (Phi) is 6.50. The number of nitriles is 1. The summed E-state index contributed by atoms with van der Waals surface area (Å²) in [6.45, 7) is 1.43. The SMILES string of the molecule is CC1=C(C#N)C(=O)N(Cc2ccc(F)cc2)C(=O)/C1=C/c1cn(-c2ccccc2)nc1-c1ccc(F)cc1. The summed E-state index contributed by atoms with van der Waals surface area (Å²) in [5.41, 5.74) is 3.20. The van der Waals surface area contributed by atoms with Crippen molar-refractivity contribution in [1.82, 2.24) is 14.7 Å². The van der Waals surface area contributed by atoms with E-state index in [4.69, 9.17) is 0 Å². The highest BCUT2D eigenvalue weighted by Crippen LogP contribution is 2.32. The van der Waals surface area contributed by atoms with Gasteiger partial charge in [0.2, 0.25) is 0 Å². The molecule has 1 aliphatic heterocycles. The van der Waals surface area contributed by atoms with Crippen molar-refractivity contribution in [2.75, 3.05) is 0 Å². The van der Waals surface area contributed by atoms with E-state index < -0.39 is 23.4 Å². The Bertz CT molecular complexity index is 1650. The van der Waals surface area contributed by atoms with E-state index in [1.807, 2.05) is 36.4 Å². The predicted molar refractivity (Wildman–Crippen MR) is 137 cm³/mol. The third kappa shape index (κ3) is 4.65. The second-order valence-electron chi connectivity index (χ2n) is 8.71. The minimum Gasteiger partial charge on any atom is -0.269 e. The van der Waals surface area contributed by atoms with Gasteiger partial charge in [0.05, 0.1) is 17.9 Å². The summed E-state index contributed by atoms with van der Waals surface area (Å²) in [5, 5.41) is 14.4. The van der Waals surface area contributed by atoms with E-state index in [-0.39, 0.29) is 23.3 Å². The molecule has 0 saturated heterocycles. The molecular weight excluding hydrogens is 486 g/mol. The average molecular weight is 507 g/mol. The summed E-state index contributed by atoms with van der Waals surface area (Å²) in [6, 6.07) is 22.5. The van der Waals surface area contributed by atoms with Crippen molar-refractivity contribution in [2.24, 2.45) is 0 Å². The van der Waals surface area contributed by atoms with Gasteiger partial charge in [-0.25, -0.2) is 13.5 Å². The second-order valence-corrected chi connectivity index (χ2v) is 8.71. The molecule has 0 atom stereocenters. The molecule has 0 unspecified atom stereocenters. The number of halogens is 2. The van der Waals surface area contributed by atoms with E-state index in [2.05, 4.69) is 5.10 Å². The van der Waals surface area contributed by atoms with Gasteiger partial charge in [-0.15, -0.1) is 0 Å². The van der Waals surface area contributed by atoms with Gasteiger partial charge >= 0.3 is 0 Å². The van der Waals surface area contributed by atoms with Crippen molar-refractivity contribution in [1.29, 1.82) is 5.26 Å². The third-order valence-corrected chi connectivity index (χ3v) is 6.26. The molecule has 8 heteroatoms. The number of para-hydroxylation sites is 1. The molecule has 6 nitrogen and oxygen atoms in total. The van der Waals surface area contributed by atoms with Gasteiger partial charge in [-0.05, 0) is 72.7 Å². The largest absolute Gasteiger partial charge is 0.271 e. The summed E-state index contributed by atoms with van der Waals surface area (Å²) in [7, 11) is 0. The van der Waals surface area contributed by atoms with Crippen LogP contribution in [-0.4, -0.2) is 26.5 Å². The molecule has 0 bridgehead atoms. The number of nitrogens with zero attached hydrogens (tertiary/aromatic N) is 4. The molecule has 0 radical (unpaired) electrons. The Morgan fingerprint density at radius 3 is 2.16 bits per heavy atom. The molecule has 0 spiro atoms. The monoisotopic (exact) mass is 506 g/mol. The standard InChI is InChI=1S/C30H20F2N4O2/c1-19-26(29(37)35(30(38)27(19)16-33)17-20-7-11-23(31)12-8-20)15-22-18-36(25-5-3-2-4-6-25)34-28(22)21-9-13-24(32)14-10-21/h2-15,18H,17H2,1H3/b26-15+. The van der Waals surface area contributed by atoms with Crippen molar-refractivity contribution in [3.05, 3.63) is 125 Å². The number of hydrogen-bond acceptors (Lipinski definition) is 4. The first-order valence-electron chi connectivity index (χ1n) is 11.7. The maximum atomic E-state index is 13.6. The lowest BCUT2D eigenvalue weighted by atomic mass is 9.93. The molecule has 1 aromatic heterocycles. The van der Waals surface area contributed by atoms with Gasteiger partial charge in [-0.3, -0.25) is 14.5 Å². The smallest absolute Gasteiger partial charge is 0.269 e. The molecule has 0 aliphatic carbocycles. The number of hydrogen-bond donors (Lipinski definition) is 0. The fourth-order valence-corrected chi connectivity index (χ4v) is 4.24. The molecule has 1 aliphatic rings. The van der Waals surface area contributed by atoms with E-state index in [0.717, 1.165) is 10.6 Å². The van der Waals surface area contributed by atoms with Crippen LogP contribution >= 0.6 is 0 Å². The van der Waals surface area contributed by atoms with Crippen LogP contribution in [-0.2, 0) is 16.1 Å². The number of aromatic nitrogens is 2. The summed E-state index contributed by atoms with van der Waals surface area (Å²) in [6.07, 6.45) is 3.32. The highest BCUT2D eigenvalue weighted by molar-refractivity contribution is 6.19. The molecule has 186 valence electrons. The van der Waals surface area contributed by atoms with Crippen LogP contribution in [0.5, 0.6) is 0 Å². The normalized spacial score (nSPS) is 14.8. The molecule has 3 aromatic carbocycles. The van der Waals surface area contributed by atoms with E-state index in [9.17, 15) is 23.6 Å². The zero-order chi connectivity index (χ0) is 26.8. The van der Waals surface area contributed by atoms with Crippen LogP contribution in [0.1, 0.15) is 18.1 Å². The van der Waals surface area contributed by atoms with Gasteiger partial charge in [0.15, 0.2) is 0 Å². The average Bonchev–Trinajstić information content (AvgIpc) is 3.35. The fraction of sp³-hybridized carbons (Fsp3) is 0.0667. The Morgan fingerprint density at radius 1 is 0.895 bits per heavy atom. The van der Waals surface area contributed by atoms with Crippen molar-refractivity contribution in [2.45, 2.75) is 13.5 Å². The summed E-state index contributed by atoms with van der Waals surface area (Å²) < 4.78 is 28.7. The van der Waals surface area contributed by atoms with E-state index >= 15 is 0 Å². The molecule has 38 heavy (non-hydrogen) atoms. The van der Waals surface area contributed by atoms with E-state index in [0.29, 0.717) is 22.4 Å². The molecule has 0 fully saturated rings. The first kappa shape index (κ1) is 24.5. The fourth-order valence-electron chi connectivity index (χ4n) is 4.24. The third-order valence-electron chi connectivity index (χ3n) is 6.26. The summed E-state index contributed by atoms with van der Waals surface area (Å²) in [4.78, 5) is 27.6. The molecule has 5 rings (SSSR count). The van der Waals surface area contributed by atoms with Crippen LogP contribution in [0.15, 0.2) is 102 Å². The number of imide groups is 1.